The third kappa shape index (κ3) is 3.53. The molecule has 2 amide bonds. The molecule has 1 saturated carbocycles. The summed E-state index contributed by atoms with van der Waals surface area (Å²) in [5, 5.41) is 13.3. The van der Waals surface area contributed by atoms with Crippen molar-refractivity contribution in [2.45, 2.75) is 58.2 Å². The first-order chi connectivity index (χ1) is 12.1. The van der Waals surface area contributed by atoms with E-state index in [4.69, 9.17) is 4.74 Å². The van der Waals surface area contributed by atoms with Crippen LogP contribution in [-0.2, 0) is 11.2 Å². The number of hydrogen-bond acceptors (Lipinski definition) is 3. The lowest BCUT2D eigenvalue weighted by Gasteiger charge is -2.56. The zero-order valence-corrected chi connectivity index (χ0v) is 15.3. The third-order valence-corrected chi connectivity index (χ3v) is 5.87. The zero-order chi connectivity index (χ0) is 17.9. The van der Waals surface area contributed by atoms with Crippen molar-refractivity contribution < 1.29 is 14.6 Å². The second kappa shape index (κ2) is 7.75. The van der Waals surface area contributed by atoms with Gasteiger partial charge in [0.25, 0.3) is 0 Å². The van der Waals surface area contributed by atoms with Gasteiger partial charge in [-0.25, -0.2) is 4.79 Å². The van der Waals surface area contributed by atoms with Crippen LogP contribution in [0.15, 0.2) is 24.3 Å². The molecule has 2 N–H and O–H groups in total. The Bertz CT molecular complexity index is 594. The van der Waals surface area contributed by atoms with Crippen molar-refractivity contribution >= 4 is 11.7 Å². The van der Waals surface area contributed by atoms with E-state index in [2.05, 4.69) is 18.3 Å². The smallest absolute Gasteiger partial charge is 0.321 e. The van der Waals surface area contributed by atoms with Crippen molar-refractivity contribution in [2.75, 3.05) is 25.0 Å². The van der Waals surface area contributed by atoms with E-state index >= 15 is 0 Å². The molecule has 5 heteroatoms. The Kier molecular flexibility index (Phi) is 5.64. The van der Waals surface area contributed by atoms with Gasteiger partial charge in [0.05, 0.1) is 12.2 Å². The van der Waals surface area contributed by atoms with Crippen molar-refractivity contribution in [2.24, 2.45) is 5.41 Å². The summed E-state index contributed by atoms with van der Waals surface area (Å²) < 4.78 is 5.80. The number of aliphatic hydroxyl groups excluding tert-OH is 1. The summed E-state index contributed by atoms with van der Waals surface area (Å²) in [6, 6.07) is 7.96. The van der Waals surface area contributed by atoms with E-state index in [0.29, 0.717) is 19.7 Å². The molecule has 2 fully saturated rings. The fourth-order valence-electron chi connectivity index (χ4n) is 4.27. The first-order valence-electron chi connectivity index (χ1n) is 9.54. The average molecular weight is 346 g/mol. The van der Waals surface area contributed by atoms with Crippen LogP contribution in [0, 0.1) is 5.41 Å². The molecule has 0 radical (unpaired) electrons. The summed E-state index contributed by atoms with van der Waals surface area (Å²) in [5.41, 5.74) is 1.94. The van der Waals surface area contributed by atoms with E-state index in [1.54, 1.807) is 0 Å². The molecule has 138 valence electrons. The van der Waals surface area contributed by atoms with Crippen LogP contribution < -0.4 is 5.32 Å². The van der Waals surface area contributed by atoms with E-state index in [0.717, 1.165) is 37.8 Å². The van der Waals surface area contributed by atoms with Gasteiger partial charge < -0.3 is 20.1 Å². The van der Waals surface area contributed by atoms with Crippen LogP contribution in [0.5, 0.6) is 0 Å². The standard InChI is InChI=1S/C20H30N2O3/c1-3-7-15-8-5-6-9-16(15)21-19(24)22-12-10-20(11-13-22)17(23)14-18(20)25-4-2/h5-6,8-9,17-18,23H,3-4,7,10-14H2,1-2H3,(H,21,24)/t17-,18-/m0/s1. The molecule has 1 spiro atoms. The molecule has 1 saturated heterocycles. The molecule has 2 aliphatic rings. The number of likely N-dealkylation sites (tertiary alicyclic amines) is 1. The van der Waals surface area contributed by atoms with Crippen molar-refractivity contribution in [1.82, 2.24) is 4.90 Å². The van der Waals surface area contributed by atoms with E-state index in [9.17, 15) is 9.90 Å². The van der Waals surface area contributed by atoms with Crippen LogP contribution in [0.1, 0.15) is 45.1 Å². The summed E-state index contributed by atoms with van der Waals surface area (Å²) in [4.78, 5) is 14.5. The van der Waals surface area contributed by atoms with Gasteiger partial charge in [0.2, 0.25) is 0 Å². The summed E-state index contributed by atoms with van der Waals surface area (Å²) >= 11 is 0. The Morgan fingerprint density at radius 1 is 1.32 bits per heavy atom. The lowest BCUT2D eigenvalue weighted by molar-refractivity contribution is -0.207. The molecule has 1 heterocycles. The first-order valence-corrected chi connectivity index (χ1v) is 9.54. The minimum atomic E-state index is -0.292. The number of anilines is 1. The molecular weight excluding hydrogens is 316 g/mol. The number of carbonyl (C=O) groups is 1. The number of piperidine rings is 1. The van der Waals surface area contributed by atoms with Gasteiger partial charge in [-0.2, -0.15) is 0 Å². The number of hydrogen-bond donors (Lipinski definition) is 2. The van der Waals surface area contributed by atoms with Crippen LogP contribution >= 0.6 is 0 Å². The maximum Gasteiger partial charge on any atom is 0.321 e. The summed E-state index contributed by atoms with van der Waals surface area (Å²) in [6.07, 6.45) is 4.20. The Morgan fingerprint density at radius 3 is 2.68 bits per heavy atom. The highest BCUT2D eigenvalue weighted by molar-refractivity contribution is 5.90. The minimum Gasteiger partial charge on any atom is -0.392 e. The quantitative estimate of drug-likeness (QED) is 0.859. The van der Waals surface area contributed by atoms with Crippen molar-refractivity contribution in [3.63, 3.8) is 0 Å². The Balaban J connectivity index is 1.59. The minimum absolute atomic E-state index is 0.0415. The van der Waals surface area contributed by atoms with Crippen LogP contribution in [0.25, 0.3) is 0 Å². The number of amides is 2. The highest BCUT2D eigenvalue weighted by Gasteiger charge is 2.56. The average Bonchev–Trinajstić information content (AvgIpc) is 2.63. The number of nitrogens with zero attached hydrogens (tertiary/aromatic N) is 1. The highest BCUT2D eigenvalue weighted by Crippen LogP contribution is 2.50. The number of aryl methyl sites for hydroxylation is 1. The van der Waals surface area contributed by atoms with Gasteiger partial charge in [0.15, 0.2) is 0 Å². The van der Waals surface area contributed by atoms with Gasteiger partial charge in [0, 0.05) is 37.2 Å². The largest absolute Gasteiger partial charge is 0.392 e. The lowest BCUT2D eigenvalue weighted by atomic mass is 9.58. The lowest BCUT2D eigenvalue weighted by Crippen LogP contribution is -2.63. The van der Waals surface area contributed by atoms with Crippen molar-refractivity contribution in [3.8, 4) is 0 Å². The monoisotopic (exact) mass is 346 g/mol. The molecule has 1 aliphatic heterocycles. The van der Waals surface area contributed by atoms with Crippen LogP contribution in [0.3, 0.4) is 0 Å². The molecule has 1 aliphatic carbocycles. The van der Waals surface area contributed by atoms with Gasteiger partial charge in [-0.3, -0.25) is 0 Å². The summed E-state index contributed by atoms with van der Waals surface area (Å²) in [7, 11) is 0. The van der Waals surface area contributed by atoms with E-state index in [-0.39, 0.29) is 23.7 Å². The maximum absolute atomic E-state index is 12.7. The van der Waals surface area contributed by atoms with Crippen LogP contribution in [0.4, 0.5) is 10.5 Å². The summed E-state index contributed by atoms with van der Waals surface area (Å²) in [5.74, 6) is 0. The van der Waals surface area contributed by atoms with Gasteiger partial charge in [-0.05, 0) is 37.8 Å². The highest BCUT2D eigenvalue weighted by atomic mass is 16.5. The molecule has 1 aromatic rings. The van der Waals surface area contributed by atoms with Gasteiger partial charge in [-0.15, -0.1) is 0 Å². The number of urea groups is 1. The number of para-hydroxylation sites is 1. The maximum atomic E-state index is 12.7. The molecule has 1 aromatic carbocycles. The van der Waals surface area contributed by atoms with Crippen molar-refractivity contribution in [1.29, 1.82) is 0 Å². The fraction of sp³-hybridized carbons (Fsp3) is 0.650. The number of aliphatic hydroxyl groups is 1. The predicted octanol–water partition coefficient (Wildman–Crippen LogP) is 3.42. The van der Waals surface area contributed by atoms with Gasteiger partial charge in [0.1, 0.15) is 0 Å². The number of carbonyl (C=O) groups excluding carboxylic acids is 1. The zero-order valence-electron chi connectivity index (χ0n) is 15.3. The fourth-order valence-corrected chi connectivity index (χ4v) is 4.27. The number of ether oxygens (including phenoxy) is 1. The molecule has 3 rings (SSSR count). The van der Waals surface area contributed by atoms with Gasteiger partial charge >= 0.3 is 6.03 Å². The van der Waals surface area contributed by atoms with Crippen molar-refractivity contribution in [3.05, 3.63) is 29.8 Å². The van der Waals surface area contributed by atoms with Gasteiger partial charge in [-0.1, -0.05) is 31.5 Å². The molecule has 5 nitrogen and oxygen atoms in total. The third-order valence-electron chi connectivity index (χ3n) is 5.87. The number of rotatable bonds is 5. The van der Waals surface area contributed by atoms with E-state index in [1.807, 2.05) is 30.0 Å². The SMILES string of the molecule is CCCc1ccccc1NC(=O)N1CCC2(CC1)[C@@H](OCC)C[C@@H]2O. The van der Waals surface area contributed by atoms with E-state index in [1.165, 1.54) is 5.56 Å². The molecule has 0 unspecified atom stereocenters. The second-order valence-electron chi connectivity index (χ2n) is 7.25. The second-order valence-corrected chi connectivity index (χ2v) is 7.25. The van der Waals surface area contributed by atoms with E-state index < -0.39 is 0 Å². The molecule has 0 bridgehead atoms. The molecular formula is C20H30N2O3. The van der Waals surface area contributed by atoms with Crippen LogP contribution in [0.2, 0.25) is 0 Å². The normalized spacial score (nSPS) is 24.8. The Morgan fingerprint density at radius 2 is 2.04 bits per heavy atom. The number of benzene rings is 1. The van der Waals surface area contributed by atoms with Crippen LogP contribution in [-0.4, -0.2) is 47.9 Å². The first kappa shape index (κ1) is 18.2. The molecule has 2 atom stereocenters. The molecule has 25 heavy (non-hydrogen) atoms. The molecule has 0 aromatic heterocycles. The predicted molar refractivity (Wildman–Crippen MR) is 98.7 cm³/mol. The summed E-state index contributed by atoms with van der Waals surface area (Å²) in [6.45, 7) is 6.15. The number of nitrogens with one attached hydrogen (secondary N) is 1. The Labute approximate surface area is 150 Å². The topological polar surface area (TPSA) is 61.8 Å². The Hall–Kier alpha value is -1.59.